The summed E-state index contributed by atoms with van der Waals surface area (Å²) in [6.45, 7) is 7.26. The van der Waals surface area contributed by atoms with Crippen LogP contribution in [-0.4, -0.2) is 41.0 Å². The van der Waals surface area contributed by atoms with Crippen LogP contribution < -0.4 is 9.64 Å². The van der Waals surface area contributed by atoms with Crippen molar-refractivity contribution in [3.8, 4) is 5.75 Å². The van der Waals surface area contributed by atoms with E-state index < -0.39 is 23.7 Å². The van der Waals surface area contributed by atoms with Gasteiger partial charge < -0.3 is 14.6 Å². The summed E-state index contributed by atoms with van der Waals surface area (Å²) in [5.74, 6) is -2.02. The molecule has 0 saturated carbocycles. The van der Waals surface area contributed by atoms with Crippen molar-refractivity contribution in [2.75, 3.05) is 12.0 Å². The highest BCUT2D eigenvalue weighted by Gasteiger charge is 2.48. The zero-order chi connectivity index (χ0) is 27.0. The fourth-order valence-electron chi connectivity index (χ4n) is 4.10. The van der Waals surface area contributed by atoms with Gasteiger partial charge in [-0.05, 0) is 69.2 Å². The zero-order valence-electron chi connectivity index (χ0n) is 20.9. The largest absolute Gasteiger partial charge is 0.507 e. The number of hydrogen-bond acceptors (Lipinski definition) is 8. The maximum Gasteiger partial charge on any atom is 0.350 e. The third-order valence-electron chi connectivity index (χ3n) is 5.80. The lowest BCUT2D eigenvalue weighted by atomic mass is 9.95. The number of aliphatic hydroxyl groups is 1. The molecule has 37 heavy (non-hydrogen) atoms. The van der Waals surface area contributed by atoms with Gasteiger partial charge >= 0.3 is 11.9 Å². The first-order valence-corrected chi connectivity index (χ1v) is 12.6. The molecule has 1 aromatic heterocycles. The van der Waals surface area contributed by atoms with Gasteiger partial charge in [-0.15, -0.1) is 0 Å². The topological polar surface area (TPSA) is 106 Å². The van der Waals surface area contributed by atoms with Crippen molar-refractivity contribution >= 4 is 51.5 Å². The Hall–Kier alpha value is -3.69. The van der Waals surface area contributed by atoms with Crippen LogP contribution in [0, 0.1) is 13.8 Å². The molecule has 2 aromatic carbocycles. The summed E-state index contributed by atoms with van der Waals surface area (Å²) < 4.78 is 10.6. The van der Waals surface area contributed by atoms with Gasteiger partial charge in [-0.2, -0.15) is 0 Å². The van der Waals surface area contributed by atoms with Gasteiger partial charge in [0, 0.05) is 10.6 Å². The molecule has 1 aliphatic rings. The molecule has 0 bridgehead atoms. The average Bonchev–Trinajstić information content (AvgIpc) is 3.36. The quantitative estimate of drug-likeness (QED) is 0.187. The third-order valence-corrected chi connectivity index (χ3v) is 7.19. The van der Waals surface area contributed by atoms with Gasteiger partial charge in [-0.3, -0.25) is 14.5 Å². The smallest absolute Gasteiger partial charge is 0.350 e. The van der Waals surface area contributed by atoms with Crippen molar-refractivity contribution in [1.29, 1.82) is 0 Å². The number of benzene rings is 2. The summed E-state index contributed by atoms with van der Waals surface area (Å²) in [6.07, 6.45) is -0.0370. The van der Waals surface area contributed by atoms with Gasteiger partial charge in [0.1, 0.15) is 16.4 Å². The number of nitrogens with zero attached hydrogens (tertiary/aromatic N) is 2. The standard InChI is InChI=1S/C27H25ClN2O6S/c1-13(2)36-19-11-8-17(12-14(19)3)22(31)20-21(16-6-9-18(28)10-7-16)30(25(33)23(20)32)27-29-15(4)24(37-27)26(34)35-5/h6-13,21,31H,1-5H3/b22-20-. The molecule has 3 aromatic rings. The molecule has 1 atom stereocenters. The molecule has 0 aliphatic carbocycles. The molecule has 4 rings (SSSR count). The van der Waals surface area contributed by atoms with Crippen LogP contribution in [0.1, 0.15) is 51.9 Å². The lowest BCUT2D eigenvalue weighted by Gasteiger charge is -2.23. The molecule has 2 heterocycles. The lowest BCUT2D eigenvalue weighted by Crippen LogP contribution is -2.29. The first kappa shape index (κ1) is 26.4. The SMILES string of the molecule is COC(=O)c1sc(N2C(=O)C(=O)/C(=C(\O)c3ccc(OC(C)C)c(C)c3)C2c2ccc(Cl)cc2)nc1C. The van der Waals surface area contributed by atoms with Gasteiger partial charge in [0.2, 0.25) is 0 Å². The number of ether oxygens (including phenoxy) is 2. The molecule has 0 spiro atoms. The van der Waals surface area contributed by atoms with Crippen LogP contribution in [0.3, 0.4) is 0 Å². The van der Waals surface area contributed by atoms with Gasteiger partial charge in [0.15, 0.2) is 5.13 Å². The van der Waals surface area contributed by atoms with E-state index in [1.165, 1.54) is 12.0 Å². The number of anilines is 1. The number of esters is 1. The Balaban J connectivity index is 1.89. The molecule has 1 fully saturated rings. The number of carbonyl (C=O) groups excluding carboxylic acids is 3. The first-order valence-electron chi connectivity index (χ1n) is 11.4. The van der Waals surface area contributed by atoms with Crippen LogP contribution in [0.4, 0.5) is 5.13 Å². The number of aliphatic hydroxyl groups excluding tert-OH is 1. The number of aryl methyl sites for hydroxylation is 2. The Morgan fingerprint density at radius 3 is 2.41 bits per heavy atom. The second kappa shape index (κ2) is 10.4. The molecule has 8 nitrogen and oxygen atoms in total. The lowest BCUT2D eigenvalue weighted by molar-refractivity contribution is -0.132. The van der Waals surface area contributed by atoms with Crippen LogP contribution >= 0.6 is 22.9 Å². The minimum atomic E-state index is -1.000. The number of methoxy groups -OCH3 is 1. The number of amides is 1. The highest BCUT2D eigenvalue weighted by molar-refractivity contribution is 7.17. The molecule has 1 aliphatic heterocycles. The van der Waals surface area contributed by atoms with E-state index in [2.05, 4.69) is 4.98 Å². The number of thiazole rings is 1. The summed E-state index contributed by atoms with van der Waals surface area (Å²) in [4.78, 5) is 44.7. The second-order valence-corrected chi connectivity index (χ2v) is 10.2. The van der Waals surface area contributed by atoms with E-state index in [-0.39, 0.29) is 27.4 Å². The Kier molecular flexibility index (Phi) is 7.38. The predicted molar refractivity (Wildman–Crippen MR) is 141 cm³/mol. The summed E-state index contributed by atoms with van der Waals surface area (Å²) in [5, 5.41) is 12.0. The second-order valence-electron chi connectivity index (χ2n) is 8.77. The molecule has 10 heteroatoms. The monoisotopic (exact) mass is 540 g/mol. The van der Waals surface area contributed by atoms with Crippen LogP contribution in [0.15, 0.2) is 48.0 Å². The van der Waals surface area contributed by atoms with Crippen LogP contribution in [-0.2, 0) is 14.3 Å². The van der Waals surface area contributed by atoms with Crippen molar-refractivity contribution in [2.45, 2.75) is 39.8 Å². The van der Waals surface area contributed by atoms with E-state index in [1.807, 2.05) is 20.8 Å². The molecule has 0 radical (unpaired) electrons. The van der Waals surface area contributed by atoms with Crippen LogP contribution in [0.25, 0.3) is 5.76 Å². The van der Waals surface area contributed by atoms with Crippen LogP contribution in [0.5, 0.6) is 5.75 Å². The fraction of sp³-hybridized carbons (Fsp3) is 0.259. The van der Waals surface area contributed by atoms with Gasteiger partial charge in [-0.25, -0.2) is 9.78 Å². The maximum atomic E-state index is 13.4. The Bertz CT molecular complexity index is 1430. The van der Waals surface area contributed by atoms with Crippen molar-refractivity contribution in [3.63, 3.8) is 0 Å². The zero-order valence-corrected chi connectivity index (χ0v) is 22.4. The minimum Gasteiger partial charge on any atom is -0.507 e. The number of halogens is 1. The number of hydrogen-bond donors (Lipinski definition) is 1. The molecular weight excluding hydrogens is 516 g/mol. The molecule has 1 N–H and O–H groups in total. The van der Waals surface area contributed by atoms with E-state index in [0.29, 0.717) is 27.6 Å². The van der Waals surface area contributed by atoms with E-state index >= 15 is 0 Å². The molecule has 1 saturated heterocycles. The Morgan fingerprint density at radius 2 is 1.81 bits per heavy atom. The summed E-state index contributed by atoms with van der Waals surface area (Å²) in [6, 6.07) is 10.7. The van der Waals surface area contributed by atoms with Crippen molar-refractivity contribution in [1.82, 2.24) is 4.98 Å². The molecular formula is C27H25ClN2O6S. The highest BCUT2D eigenvalue weighted by Crippen LogP contribution is 2.44. The average molecular weight is 541 g/mol. The van der Waals surface area contributed by atoms with Crippen molar-refractivity contribution in [3.05, 3.63) is 80.3 Å². The van der Waals surface area contributed by atoms with E-state index in [0.717, 1.165) is 16.9 Å². The van der Waals surface area contributed by atoms with Gasteiger partial charge in [0.05, 0.1) is 30.5 Å². The van der Waals surface area contributed by atoms with Gasteiger partial charge in [0.25, 0.3) is 5.78 Å². The third kappa shape index (κ3) is 4.97. The predicted octanol–water partition coefficient (Wildman–Crippen LogP) is 5.61. The van der Waals surface area contributed by atoms with Crippen LogP contribution in [0.2, 0.25) is 5.02 Å². The number of carbonyl (C=O) groups is 3. The van der Waals surface area contributed by atoms with Crippen molar-refractivity contribution in [2.24, 2.45) is 0 Å². The number of Topliss-reactive ketones (excluding diaryl/α,β-unsaturated/α-hetero) is 1. The number of ketones is 1. The number of rotatable bonds is 6. The fourth-order valence-corrected chi connectivity index (χ4v) is 5.23. The normalized spacial score (nSPS) is 16.9. The highest BCUT2D eigenvalue weighted by atomic mass is 35.5. The number of aromatic nitrogens is 1. The molecule has 1 unspecified atom stereocenters. The molecule has 1 amide bonds. The van der Waals surface area contributed by atoms with E-state index in [9.17, 15) is 19.5 Å². The van der Waals surface area contributed by atoms with Crippen molar-refractivity contribution < 1.29 is 29.0 Å². The van der Waals surface area contributed by atoms with Gasteiger partial charge in [-0.1, -0.05) is 35.1 Å². The molecule has 192 valence electrons. The summed E-state index contributed by atoms with van der Waals surface area (Å²) >= 11 is 7.02. The minimum absolute atomic E-state index is 0.0370. The summed E-state index contributed by atoms with van der Waals surface area (Å²) in [7, 11) is 1.25. The summed E-state index contributed by atoms with van der Waals surface area (Å²) in [5.41, 5.74) is 1.91. The van der Waals surface area contributed by atoms with E-state index in [4.69, 9.17) is 21.1 Å². The maximum absolute atomic E-state index is 13.4. The Morgan fingerprint density at radius 1 is 1.14 bits per heavy atom. The Labute approximate surface area is 223 Å². The van der Waals surface area contributed by atoms with E-state index in [1.54, 1.807) is 49.4 Å². The first-order chi connectivity index (χ1) is 17.5.